The lowest BCUT2D eigenvalue weighted by atomic mass is 9.96. The summed E-state index contributed by atoms with van der Waals surface area (Å²) in [5.74, 6) is 1.43. The van der Waals surface area contributed by atoms with Crippen LogP contribution in [0.3, 0.4) is 0 Å². The van der Waals surface area contributed by atoms with E-state index in [2.05, 4.69) is 23.8 Å². The Morgan fingerprint density at radius 1 is 1.45 bits per heavy atom. The molecular formula is C15H23N5. The molecule has 1 saturated heterocycles. The summed E-state index contributed by atoms with van der Waals surface area (Å²) in [5, 5.41) is 4.64. The molecule has 1 aliphatic rings. The van der Waals surface area contributed by atoms with Gasteiger partial charge in [-0.3, -0.25) is 0 Å². The van der Waals surface area contributed by atoms with Crippen LogP contribution in [0.2, 0.25) is 0 Å². The van der Waals surface area contributed by atoms with E-state index < -0.39 is 0 Å². The fourth-order valence-corrected chi connectivity index (χ4v) is 2.93. The molecule has 0 bridgehead atoms. The predicted octanol–water partition coefficient (Wildman–Crippen LogP) is 1.78. The van der Waals surface area contributed by atoms with E-state index in [4.69, 9.17) is 10.7 Å². The molecule has 0 aliphatic carbocycles. The van der Waals surface area contributed by atoms with Crippen molar-refractivity contribution in [2.45, 2.75) is 45.2 Å². The highest BCUT2D eigenvalue weighted by atomic mass is 15.3. The Morgan fingerprint density at radius 2 is 2.30 bits per heavy atom. The molecule has 2 N–H and O–H groups in total. The van der Waals surface area contributed by atoms with Crippen LogP contribution >= 0.6 is 0 Å². The van der Waals surface area contributed by atoms with Crippen LogP contribution in [0.4, 0.5) is 0 Å². The molecule has 20 heavy (non-hydrogen) atoms. The molecule has 1 unspecified atom stereocenters. The summed E-state index contributed by atoms with van der Waals surface area (Å²) in [6, 6.07) is 4.63. The average molecular weight is 273 g/mol. The van der Waals surface area contributed by atoms with Crippen molar-refractivity contribution in [3.05, 3.63) is 29.7 Å². The maximum absolute atomic E-state index is 5.68. The highest BCUT2D eigenvalue weighted by Gasteiger charge is 2.25. The van der Waals surface area contributed by atoms with Gasteiger partial charge in [0, 0.05) is 31.2 Å². The van der Waals surface area contributed by atoms with Crippen LogP contribution in [0.25, 0.3) is 5.65 Å². The molecule has 5 nitrogen and oxygen atoms in total. The predicted molar refractivity (Wildman–Crippen MR) is 79.6 cm³/mol. The highest BCUT2D eigenvalue weighted by molar-refractivity contribution is 5.40. The van der Waals surface area contributed by atoms with Crippen LogP contribution in [-0.2, 0) is 6.54 Å². The summed E-state index contributed by atoms with van der Waals surface area (Å²) < 4.78 is 1.86. The first-order valence-corrected chi connectivity index (χ1v) is 7.46. The lowest BCUT2D eigenvalue weighted by Crippen LogP contribution is -2.39. The van der Waals surface area contributed by atoms with Gasteiger partial charge in [-0.2, -0.15) is 5.10 Å². The minimum absolute atomic E-state index is 0.451. The Balaban J connectivity index is 1.86. The zero-order valence-electron chi connectivity index (χ0n) is 12.3. The second-order valence-corrected chi connectivity index (χ2v) is 5.94. The quantitative estimate of drug-likeness (QED) is 0.926. The maximum Gasteiger partial charge on any atom is 0.156 e. The number of likely N-dealkylation sites (tertiary alicyclic amines) is 1. The van der Waals surface area contributed by atoms with Crippen LogP contribution in [0.5, 0.6) is 0 Å². The molecule has 3 rings (SSSR count). The summed E-state index contributed by atoms with van der Waals surface area (Å²) >= 11 is 0. The van der Waals surface area contributed by atoms with Gasteiger partial charge in [0.05, 0.1) is 0 Å². The standard InChI is InChI=1S/C15H23N5/c1-11(2)19-6-3-4-13(10-19)15-17-14-8-12(9-16)5-7-20(14)18-15/h5,7-8,11,13H,3-4,6,9-10,16H2,1-2H3. The van der Waals surface area contributed by atoms with Gasteiger partial charge in [0.25, 0.3) is 0 Å². The molecule has 0 saturated carbocycles. The first kappa shape index (κ1) is 13.5. The van der Waals surface area contributed by atoms with E-state index in [1.165, 1.54) is 19.4 Å². The second-order valence-electron chi connectivity index (χ2n) is 5.94. The zero-order chi connectivity index (χ0) is 14.1. The van der Waals surface area contributed by atoms with Crippen molar-refractivity contribution >= 4 is 5.65 Å². The van der Waals surface area contributed by atoms with Gasteiger partial charge in [-0.15, -0.1) is 0 Å². The lowest BCUT2D eigenvalue weighted by Gasteiger charge is -2.34. The Hall–Kier alpha value is -1.46. The van der Waals surface area contributed by atoms with E-state index >= 15 is 0 Å². The molecule has 0 aromatic carbocycles. The first-order valence-electron chi connectivity index (χ1n) is 7.46. The Bertz CT molecular complexity index is 589. The molecule has 5 heteroatoms. The van der Waals surface area contributed by atoms with Gasteiger partial charge in [-0.25, -0.2) is 9.50 Å². The van der Waals surface area contributed by atoms with Crippen molar-refractivity contribution < 1.29 is 0 Å². The van der Waals surface area contributed by atoms with Crippen molar-refractivity contribution in [1.82, 2.24) is 19.5 Å². The Labute approximate surface area is 119 Å². The SMILES string of the molecule is CC(C)N1CCCC(c2nc3cc(CN)ccn3n2)C1. The average Bonchev–Trinajstić information content (AvgIpc) is 2.90. The number of rotatable bonds is 3. The first-order chi connectivity index (χ1) is 9.67. The zero-order valence-corrected chi connectivity index (χ0v) is 12.3. The minimum atomic E-state index is 0.451. The van der Waals surface area contributed by atoms with Crippen molar-refractivity contribution in [3.63, 3.8) is 0 Å². The van der Waals surface area contributed by atoms with Crippen molar-refractivity contribution in [1.29, 1.82) is 0 Å². The molecule has 1 fully saturated rings. The fraction of sp³-hybridized carbons (Fsp3) is 0.600. The van der Waals surface area contributed by atoms with Crippen LogP contribution in [0.15, 0.2) is 18.3 Å². The van der Waals surface area contributed by atoms with Gasteiger partial charge >= 0.3 is 0 Å². The Morgan fingerprint density at radius 3 is 3.05 bits per heavy atom. The third-order valence-corrected chi connectivity index (χ3v) is 4.20. The van der Waals surface area contributed by atoms with E-state index in [0.717, 1.165) is 23.6 Å². The van der Waals surface area contributed by atoms with Crippen LogP contribution in [0, 0.1) is 0 Å². The van der Waals surface area contributed by atoms with Crippen LogP contribution in [-0.4, -0.2) is 38.6 Å². The molecule has 0 amide bonds. The lowest BCUT2D eigenvalue weighted by molar-refractivity contribution is 0.165. The summed E-state index contributed by atoms with van der Waals surface area (Å²) in [7, 11) is 0. The largest absolute Gasteiger partial charge is 0.326 e. The number of pyridine rings is 1. The van der Waals surface area contributed by atoms with Gasteiger partial charge in [-0.1, -0.05) is 0 Å². The van der Waals surface area contributed by atoms with Crippen LogP contribution < -0.4 is 5.73 Å². The number of fused-ring (bicyclic) bond motifs is 1. The Kier molecular flexibility index (Phi) is 3.72. The molecule has 1 atom stereocenters. The van der Waals surface area contributed by atoms with E-state index in [9.17, 15) is 0 Å². The minimum Gasteiger partial charge on any atom is -0.326 e. The number of piperidine rings is 1. The highest BCUT2D eigenvalue weighted by Crippen LogP contribution is 2.26. The summed E-state index contributed by atoms with van der Waals surface area (Å²) in [6.45, 7) is 7.32. The smallest absolute Gasteiger partial charge is 0.156 e. The number of hydrogen-bond donors (Lipinski definition) is 1. The number of nitrogens with two attached hydrogens (primary N) is 1. The number of hydrogen-bond acceptors (Lipinski definition) is 4. The maximum atomic E-state index is 5.68. The summed E-state index contributed by atoms with van der Waals surface area (Å²) in [5.41, 5.74) is 7.69. The van der Waals surface area contributed by atoms with Crippen molar-refractivity contribution in [3.8, 4) is 0 Å². The van der Waals surface area contributed by atoms with E-state index in [-0.39, 0.29) is 0 Å². The van der Waals surface area contributed by atoms with Gasteiger partial charge in [0.1, 0.15) is 0 Å². The van der Waals surface area contributed by atoms with Gasteiger partial charge in [0.15, 0.2) is 11.5 Å². The normalized spacial score (nSPS) is 20.9. The molecule has 2 aromatic heterocycles. The van der Waals surface area contributed by atoms with E-state index in [0.29, 0.717) is 18.5 Å². The van der Waals surface area contributed by atoms with Gasteiger partial charge in [-0.05, 0) is 50.9 Å². The number of nitrogens with zero attached hydrogens (tertiary/aromatic N) is 4. The van der Waals surface area contributed by atoms with Gasteiger partial charge < -0.3 is 10.6 Å². The third kappa shape index (κ3) is 2.55. The van der Waals surface area contributed by atoms with Crippen molar-refractivity contribution in [2.24, 2.45) is 5.73 Å². The third-order valence-electron chi connectivity index (χ3n) is 4.20. The molecule has 2 aromatic rings. The summed E-state index contributed by atoms with van der Waals surface area (Å²) in [4.78, 5) is 7.23. The van der Waals surface area contributed by atoms with Crippen molar-refractivity contribution in [2.75, 3.05) is 13.1 Å². The van der Waals surface area contributed by atoms with Crippen LogP contribution in [0.1, 0.15) is 44.0 Å². The summed E-state index contributed by atoms with van der Waals surface area (Å²) in [6.07, 6.45) is 4.37. The molecule has 108 valence electrons. The topological polar surface area (TPSA) is 59.5 Å². The molecule has 0 radical (unpaired) electrons. The molecule has 0 spiro atoms. The monoisotopic (exact) mass is 273 g/mol. The van der Waals surface area contributed by atoms with E-state index in [1.54, 1.807) is 0 Å². The molecule has 3 heterocycles. The number of aromatic nitrogens is 3. The second kappa shape index (κ2) is 5.50. The van der Waals surface area contributed by atoms with E-state index in [1.807, 2.05) is 22.8 Å². The molecule has 1 aliphatic heterocycles. The molecular weight excluding hydrogens is 250 g/mol. The fourth-order valence-electron chi connectivity index (χ4n) is 2.93. The van der Waals surface area contributed by atoms with Gasteiger partial charge in [0.2, 0.25) is 0 Å².